The highest BCUT2D eigenvalue weighted by atomic mass is 15.3. The van der Waals surface area contributed by atoms with Crippen molar-refractivity contribution in [3.63, 3.8) is 0 Å². The first kappa shape index (κ1) is 20.1. The van der Waals surface area contributed by atoms with Crippen LogP contribution in [0.1, 0.15) is 48.8 Å². The van der Waals surface area contributed by atoms with Gasteiger partial charge in [0.05, 0.1) is 5.54 Å². The highest BCUT2D eigenvalue weighted by Crippen LogP contribution is 2.69. The van der Waals surface area contributed by atoms with E-state index in [1.165, 1.54) is 54.5 Å². The minimum Gasteiger partial charge on any atom is -0.359 e. The molecule has 4 aromatic rings. The van der Waals surface area contributed by atoms with Gasteiger partial charge in [-0.3, -0.25) is 0 Å². The van der Waals surface area contributed by atoms with Gasteiger partial charge in [0.15, 0.2) is 0 Å². The summed E-state index contributed by atoms with van der Waals surface area (Å²) in [7, 11) is 0. The van der Waals surface area contributed by atoms with Crippen LogP contribution in [0.5, 0.6) is 0 Å². The number of piperidine rings is 2. The molecule has 1 nitrogen and oxygen atoms in total. The summed E-state index contributed by atoms with van der Waals surface area (Å²) in [4.78, 5) is 2.84. The predicted molar refractivity (Wildman–Crippen MR) is 140 cm³/mol. The number of hydrogen-bond donors (Lipinski definition) is 0. The lowest BCUT2D eigenvalue weighted by Crippen LogP contribution is -2.72. The molecule has 0 radical (unpaired) electrons. The average molecular weight is 442 g/mol. The quantitative estimate of drug-likeness (QED) is 0.315. The molecule has 168 valence electrons. The monoisotopic (exact) mass is 441 g/mol. The van der Waals surface area contributed by atoms with E-state index in [0.717, 1.165) is 0 Å². The van der Waals surface area contributed by atoms with Crippen LogP contribution in [-0.2, 0) is 16.4 Å². The van der Waals surface area contributed by atoms with Crippen LogP contribution < -0.4 is 4.90 Å². The smallest absolute Gasteiger partial charge is 0.0673 e. The molecule has 2 aliphatic heterocycles. The molecule has 0 amide bonds. The van der Waals surface area contributed by atoms with E-state index in [1.54, 1.807) is 0 Å². The first-order valence-corrected chi connectivity index (χ1v) is 12.7. The molecule has 2 aliphatic carbocycles. The zero-order chi connectivity index (χ0) is 22.6. The summed E-state index contributed by atoms with van der Waals surface area (Å²) < 4.78 is 0. The Labute approximate surface area is 203 Å². The van der Waals surface area contributed by atoms with E-state index >= 15 is 0 Å². The highest BCUT2D eigenvalue weighted by molar-refractivity contribution is 5.59. The maximum atomic E-state index is 2.84. The van der Waals surface area contributed by atoms with E-state index in [9.17, 15) is 0 Å². The Morgan fingerprint density at radius 3 is 1.35 bits per heavy atom. The van der Waals surface area contributed by atoms with Gasteiger partial charge in [-0.1, -0.05) is 109 Å². The van der Waals surface area contributed by atoms with E-state index in [4.69, 9.17) is 0 Å². The third kappa shape index (κ3) is 2.79. The number of para-hydroxylation sites is 1. The highest BCUT2D eigenvalue weighted by Gasteiger charge is 2.67. The third-order valence-corrected chi connectivity index (χ3v) is 9.14. The summed E-state index contributed by atoms with van der Waals surface area (Å²) in [6.07, 6.45) is 6.06. The molecule has 4 aromatic carbocycles. The molecule has 2 heterocycles. The number of anilines is 1. The number of rotatable bonds is 4. The Morgan fingerprint density at radius 2 is 0.882 bits per heavy atom. The van der Waals surface area contributed by atoms with Gasteiger partial charge in [0.25, 0.3) is 0 Å². The standard InChI is InChI=1S/C33H31N/c1-5-13-26(14-6-1)31-21-30-22-32(23-31,27-15-7-2-8-16-27)25-33(24-31,28-17-9-3-10-18-28)34(30)29-19-11-4-12-20-29/h1-20,30H,21-25H2. The maximum Gasteiger partial charge on any atom is 0.0673 e. The average Bonchev–Trinajstić information content (AvgIpc) is 2.90. The Balaban J connectivity index is 1.50. The Kier molecular flexibility index (Phi) is 4.34. The van der Waals surface area contributed by atoms with Crippen molar-refractivity contribution in [3.8, 4) is 0 Å². The molecule has 0 aromatic heterocycles. The maximum absolute atomic E-state index is 2.84. The Hall–Kier alpha value is -3.32. The summed E-state index contributed by atoms with van der Waals surface area (Å²) in [6, 6.07) is 46.1. The number of nitrogens with zero attached hydrogens (tertiary/aromatic N) is 1. The van der Waals surface area contributed by atoms with Crippen LogP contribution in [0.4, 0.5) is 5.69 Å². The minimum atomic E-state index is -0.0201. The van der Waals surface area contributed by atoms with Gasteiger partial charge in [-0.25, -0.2) is 0 Å². The molecule has 34 heavy (non-hydrogen) atoms. The fraction of sp³-hybridized carbons (Fsp3) is 0.273. The molecule has 1 heteroatoms. The van der Waals surface area contributed by atoms with E-state index in [1.807, 2.05) is 0 Å². The molecule has 2 saturated carbocycles. The summed E-state index contributed by atoms with van der Waals surface area (Å²) in [6.45, 7) is 0. The van der Waals surface area contributed by atoms with E-state index in [-0.39, 0.29) is 16.4 Å². The van der Waals surface area contributed by atoms with Gasteiger partial charge in [0, 0.05) is 22.6 Å². The van der Waals surface area contributed by atoms with Crippen molar-refractivity contribution in [2.45, 2.75) is 54.5 Å². The van der Waals surface area contributed by atoms with Gasteiger partial charge in [-0.05, 0) is 60.9 Å². The lowest BCUT2D eigenvalue weighted by molar-refractivity contribution is -0.0193. The van der Waals surface area contributed by atoms with Crippen LogP contribution >= 0.6 is 0 Å². The second-order valence-corrected chi connectivity index (χ2v) is 11.0. The largest absolute Gasteiger partial charge is 0.359 e. The lowest BCUT2D eigenvalue weighted by Gasteiger charge is -2.72. The van der Waals surface area contributed by atoms with Crippen molar-refractivity contribution in [1.82, 2.24) is 0 Å². The number of benzene rings is 4. The van der Waals surface area contributed by atoms with Gasteiger partial charge in [-0.15, -0.1) is 0 Å². The molecule has 0 spiro atoms. The van der Waals surface area contributed by atoms with Crippen molar-refractivity contribution in [3.05, 3.63) is 138 Å². The van der Waals surface area contributed by atoms with E-state index in [2.05, 4.69) is 126 Å². The van der Waals surface area contributed by atoms with Gasteiger partial charge in [0.2, 0.25) is 0 Å². The molecular formula is C33H31N. The first-order valence-electron chi connectivity index (χ1n) is 12.7. The second-order valence-electron chi connectivity index (χ2n) is 11.0. The summed E-state index contributed by atoms with van der Waals surface area (Å²) in [5.41, 5.74) is 6.29. The summed E-state index contributed by atoms with van der Waals surface area (Å²) in [5.74, 6) is 0. The third-order valence-electron chi connectivity index (χ3n) is 9.14. The predicted octanol–water partition coefficient (Wildman–Crippen LogP) is 7.62. The normalized spacial score (nSPS) is 31.5. The van der Waals surface area contributed by atoms with Gasteiger partial charge in [-0.2, -0.15) is 0 Å². The van der Waals surface area contributed by atoms with Crippen molar-refractivity contribution < 1.29 is 0 Å². The van der Waals surface area contributed by atoms with Gasteiger partial charge >= 0.3 is 0 Å². The first-order chi connectivity index (χ1) is 16.7. The van der Waals surface area contributed by atoms with Crippen LogP contribution in [0.15, 0.2) is 121 Å². The topological polar surface area (TPSA) is 3.24 Å². The Bertz CT molecular complexity index is 1230. The van der Waals surface area contributed by atoms with Crippen molar-refractivity contribution >= 4 is 5.69 Å². The molecule has 2 saturated heterocycles. The summed E-state index contributed by atoms with van der Waals surface area (Å²) in [5, 5.41) is 0. The molecule has 4 bridgehead atoms. The molecular weight excluding hydrogens is 410 g/mol. The molecule has 4 fully saturated rings. The molecule has 2 unspecified atom stereocenters. The summed E-state index contributed by atoms with van der Waals surface area (Å²) >= 11 is 0. The minimum absolute atomic E-state index is 0.0201. The van der Waals surface area contributed by atoms with Gasteiger partial charge in [0.1, 0.15) is 0 Å². The van der Waals surface area contributed by atoms with Gasteiger partial charge < -0.3 is 4.90 Å². The van der Waals surface area contributed by atoms with Crippen molar-refractivity contribution in [2.75, 3.05) is 4.90 Å². The zero-order valence-electron chi connectivity index (χ0n) is 19.6. The fourth-order valence-electron chi connectivity index (χ4n) is 8.29. The SMILES string of the molecule is c1ccc(N2C3CC4(c5ccccc5)CC(c5ccccc5)(C3)CC2(c2ccccc2)C4)cc1. The van der Waals surface area contributed by atoms with Crippen LogP contribution in [0.2, 0.25) is 0 Å². The molecule has 4 aliphatic rings. The van der Waals surface area contributed by atoms with E-state index in [0.29, 0.717) is 6.04 Å². The van der Waals surface area contributed by atoms with Crippen LogP contribution in [0.25, 0.3) is 0 Å². The molecule has 0 N–H and O–H groups in total. The van der Waals surface area contributed by atoms with E-state index < -0.39 is 0 Å². The molecule has 8 rings (SSSR count). The van der Waals surface area contributed by atoms with Crippen LogP contribution in [0, 0.1) is 0 Å². The second kappa shape index (κ2) is 7.34. The van der Waals surface area contributed by atoms with Crippen LogP contribution in [-0.4, -0.2) is 6.04 Å². The van der Waals surface area contributed by atoms with Crippen molar-refractivity contribution in [1.29, 1.82) is 0 Å². The zero-order valence-corrected chi connectivity index (χ0v) is 19.6. The number of hydrogen-bond acceptors (Lipinski definition) is 1. The lowest BCUT2D eigenvalue weighted by atomic mass is 9.41. The van der Waals surface area contributed by atoms with Crippen LogP contribution in [0.3, 0.4) is 0 Å². The fourth-order valence-corrected chi connectivity index (χ4v) is 8.29. The van der Waals surface area contributed by atoms with Crippen molar-refractivity contribution in [2.24, 2.45) is 0 Å². The molecule has 2 atom stereocenters. The Morgan fingerprint density at radius 1 is 0.471 bits per heavy atom.